The van der Waals surface area contributed by atoms with Gasteiger partial charge in [0.1, 0.15) is 5.75 Å². The SMILES string of the molecule is CCC(Oc1ccc(C)cc1C)C(=O)Nc1ccc(Cl)c(NC(=O)CC(=O)c2ccccc2)c1. The van der Waals surface area contributed by atoms with Crippen LogP contribution >= 0.6 is 11.6 Å². The number of aryl methyl sites for hydroxylation is 2. The average Bonchev–Trinajstić information content (AvgIpc) is 2.81. The number of ketones is 1. The van der Waals surface area contributed by atoms with Crippen molar-refractivity contribution in [3.63, 3.8) is 0 Å². The van der Waals surface area contributed by atoms with Gasteiger partial charge in [0.15, 0.2) is 11.9 Å². The molecule has 0 aliphatic carbocycles. The molecule has 0 aliphatic rings. The first kappa shape index (κ1) is 25.0. The lowest BCUT2D eigenvalue weighted by Crippen LogP contribution is -2.32. The second-order valence-corrected chi connectivity index (χ2v) is 8.39. The summed E-state index contributed by atoms with van der Waals surface area (Å²) in [6.45, 7) is 5.80. The van der Waals surface area contributed by atoms with Crippen molar-refractivity contribution < 1.29 is 19.1 Å². The van der Waals surface area contributed by atoms with E-state index in [0.29, 0.717) is 29.1 Å². The molecule has 3 aromatic rings. The summed E-state index contributed by atoms with van der Waals surface area (Å²) in [5.74, 6) is -0.460. The van der Waals surface area contributed by atoms with Gasteiger partial charge in [-0.25, -0.2) is 0 Å². The Bertz CT molecular complexity index is 1190. The number of hydrogen-bond donors (Lipinski definition) is 2. The number of Topliss-reactive ketones (excluding diaryl/α,β-unsaturated/α-hetero) is 1. The number of halogens is 1. The van der Waals surface area contributed by atoms with Gasteiger partial charge in [-0.05, 0) is 50.1 Å². The standard InChI is InChI=1S/C27H27ClN2O4/c1-4-24(34-25-13-10-17(2)14-18(25)3)27(33)29-20-11-12-21(28)22(15-20)30-26(32)16-23(31)19-8-6-5-7-9-19/h5-15,24H,4,16H2,1-3H3,(H,29,33)(H,30,32). The largest absolute Gasteiger partial charge is 0.480 e. The van der Waals surface area contributed by atoms with Crippen LogP contribution in [0.1, 0.15) is 41.3 Å². The van der Waals surface area contributed by atoms with Crippen LogP contribution in [0.3, 0.4) is 0 Å². The molecule has 3 rings (SSSR count). The lowest BCUT2D eigenvalue weighted by molar-refractivity contribution is -0.122. The number of carbonyl (C=O) groups excluding carboxylic acids is 3. The van der Waals surface area contributed by atoms with E-state index < -0.39 is 12.0 Å². The lowest BCUT2D eigenvalue weighted by Gasteiger charge is -2.19. The molecule has 34 heavy (non-hydrogen) atoms. The number of nitrogens with one attached hydrogen (secondary N) is 2. The van der Waals surface area contributed by atoms with E-state index in [0.717, 1.165) is 11.1 Å². The fraction of sp³-hybridized carbons (Fsp3) is 0.222. The van der Waals surface area contributed by atoms with Gasteiger partial charge in [-0.15, -0.1) is 0 Å². The molecule has 0 heterocycles. The van der Waals surface area contributed by atoms with Crippen molar-refractivity contribution in [3.05, 3.63) is 88.4 Å². The van der Waals surface area contributed by atoms with Gasteiger partial charge in [0.25, 0.3) is 5.91 Å². The zero-order valence-corrected chi connectivity index (χ0v) is 20.1. The summed E-state index contributed by atoms with van der Waals surface area (Å²) >= 11 is 6.22. The molecule has 0 saturated heterocycles. The number of benzene rings is 3. The van der Waals surface area contributed by atoms with E-state index in [1.807, 2.05) is 39.0 Å². The Morgan fingerprint density at radius 2 is 1.68 bits per heavy atom. The van der Waals surface area contributed by atoms with Gasteiger partial charge in [-0.3, -0.25) is 14.4 Å². The van der Waals surface area contributed by atoms with Crippen molar-refractivity contribution in [1.82, 2.24) is 0 Å². The van der Waals surface area contributed by atoms with E-state index in [1.165, 1.54) is 0 Å². The molecule has 6 nitrogen and oxygen atoms in total. The van der Waals surface area contributed by atoms with Gasteiger partial charge in [0.05, 0.1) is 17.1 Å². The maximum atomic E-state index is 12.8. The number of amides is 2. The van der Waals surface area contributed by atoms with Crippen molar-refractivity contribution in [2.45, 2.75) is 39.7 Å². The molecule has 7 heteroatoms. The first-order chi connectivity index (χ1) is 16.3. The molecule has 0 aromatic heterocycles. The predicted molar refractivity (Wildman–Crippen MR) is 135 cm³/mol. The zero-order valence-electron chi connectivity index (χ0n) is 19.4. The first-order valence-electron chi connectivity index (χ1n) is 11.0. The fourth-order valence-corrected chi connectivity index (χ4v) is 3.56. The predicted octanol–water partition coefficient (Wildman–Crippen LogP) is 5.96. The number of ether oxygens (including phenoxy) is 1. The van der Waals surface area contributed by atoms with Crippen LogP contribution in [-0.2, 0) is 9.59 Å². The Labute approximate surface area is 204 Å². The topological polar surface area (TPSA) is 84.5 Å². The third-order valence-corrected chi connectivity index (χ3v) is 5.52. The van der Waals surface area contributed by atoms with E-state index in [-0.39, 0.29) is 23.1 Å². The Morgan fingerprint density at radius 1 is 0.941 bits per heavy atom. The van der Waals surface area contributed by atoms with Crippen LogP contribution in [0.4, 0.5) is 11.4 Å². The molecule has 3 aromatic carbocycles. The monoisotopic (exact) mass is 478 g/mol. The van der Waals surface area contributed by atoms with Crippen molar-refractivity contribution in [2.24, 2.45) is 0 Å². The molecule has 0 fully saturated rings. The summed E-state index contributed by atoms with van der Waals surface area (Å²) in [4.78, 5) is 37.5. The highest BCUT2D eigenvalue weighted by atomic mass is 35.5. The molecular weight excluding hydrogens is 452 g/mol. The Kier molecular flexibility index (Phi) is 8.44. The van der Waals surface area contributed by atoms with Crippen LogP contribution in [0.2, 0.25) is 5.02 Å². The molecule has 2 amide bonds. The number of rotatable bonds is 9. The van der Waals surface area contributed by atoms with E-state index in [1.54, 1.807) is 48.5 Å². The lowest BCUT2D eigenvalue weighted by atomic mass is 10.1. The highest BCUT2D eigenvalue weighted by Crippen LogP contribution is 2.27. The molecule has 0 radical (unpaired) electrons. The van der Waals surface area contributed by atoms with Crippen molar-refractivity contribution >= 4 is 40.6 Å². The van der Waals surface area contributed by atoms with Crippen LogP contribution in [0.25, 0.3) is 0 Å². The normalized spacial score (nSPS) is 11.4. The molecule has 0 bridgehead atoms. The van der Waals surface area contributed by atoms with Gasteiger partial charge in [-0.1, -0.05) is 66.6 Å². The van der Waals surface area contributed by atoms with E-state index >= 15 is 0 Å². The Morgan fingerprint density at radius 3 is 2.35 bits per heavy atom. The first-order valence-corrected chi connectivity index (χ1v) is 11.4. The molecule has 1 atom stereocenters. The van der Waals surface area contributed by atoms with Crippen LogP contribution in [-0.4, -0.2) is 23.7 Å². The maximum absolute atomic E-state index is 12.8. The van der Waals surface area contributed by atoms with Crippen molar-refractivity contribution in [1.29, 1.82) is 0 Å². The minimum absolute atomic E-state index is 0.289. The van der Waals surface area contributed by atoms with Gasteiger partial charge < -0.3 is 15.4 Å². The van der Waals surface area contributed by atoms with E-state index in [4.69, 9.17) is 16.3 Å². The summed E-state index contributed by atoms with van der Waals surface area (Å²) < 4.78 is 5.94. The molecular formula is C27H27ClN2O4. The highest BCUT2D eigenvalue weighted by Gasteiger charge is 2.20. The molecule has 0 saturated carbocycles. The molecule has 2 N–H and O–H groups in total. The number of anilines is 2. The third-order valence-electron chi connectivity index (χ3n) is 5.19. The third kappa shape index (κ3) is 6.68. The summed E-state index contributed by atoms with van der Waals surface area (Å²) in [6.07, 6.45) is -0.546. The Balaban J connectivity index is 1.65. The highest BCUT2D eigenvalue weighted by molar-refractivity contribution is 6.34. The summed E-state index contributed by atoms with van der Waals surface area (Å²) in [5, 5.41) is 5.75. The van der Waals surface area contributed by atoms with Gasteiger partial charge in [0, 0.05) is 11.3 Å². The molecule has 0 spiro atoms. The maximum Gasteiger partial charge on any atom is 0.265 e. The van der Waals surface area contributed by atoms with Crippen LogP contribution in [0.5, 0.6) is 5.75 Å². The summed E-state index contributed by atoms with van der Waals surface area (Å²) in [5.41, 5.74) is 3.27. The van der Waals surface area contributed by atoms with Crippen molar-refractivity contribution in [3.8, 4) is 5.75 Å². The van der Waals surface area contributed by atoms with Crippen LogP contribution < -0.4 is 15.4 Å². The van der Waals surface area contributed by atoms with Gasteiger partial charge in [0.2, 0.25) is 5.91 Å². The fourth-order valence-electron chi connectivity index (χ4n) is 3.39. The smallest absolute Gasteiger partial charge is 0.265 e. The minimum atomic E-state index is -0.696. The van der Waals surface area contributed by atoms with E-state index in [2.05, 4.69) is 10.6 Å². The van der Waals surface area contributed by atoms with Gasteiger partial charge in [-0.2, -0.15) is 0 Å². The second kappa shape index (κ2) is 11.5. The Hall–Kier alpha value is -3.64. The number of hydrogen-bond acceptors (Lipinski definition) is 4. The summed E-state index contributed by atoms with van der Waals surface area (Å²) in [6, 6.07) is 19.1. The van der Waals surface area contributed by atoms with Gasteiger partial charge >= 0.3 is 0 Å². The minimum Gasteiger partial charge on any atom is -0.480 e. The van der Waals surface area contributed by atoms with Crippen LogP contribution in [0, 0.1) is 13.8 Å². The number of carbonyl (C=O) groups is 3. The quantitative estimate of drug-likeness (QED) is 0.293. The summed E-state index contributed by atoms with van der Waals surface area (Å²) in [7, 11) is 0. The molecule has 176 valence electrons. The van der Waals surface area contributed by atoms with E-state index in [9.17, 15) is 14.4 Å². The molecule has 0 aliphatic heterocycles. The average molecular weight is 479 g/mol. The van der Waals surface area contributed by atoms with Crippen LogP contribution in [0.15, 0.2) is 66.7 Å². The zero-order chi connectivity index (χ0) is 24.7. The molecule has 1 unspecified atom stereocenters. The second-order valence-electron chi connectivity index (χ2n) is 7.98. The van der Waals surface area contributed by atoms with Crippen molar-refractivity contribution in [2.75, 3.05) is 10.6 Å².